The monoisotopic (exact) mass is 1320 g/mol. The Balaban J connectivity index is 0.000000159. The average molecular weight is 1320 g/mol. The maximum Gasteiger partial charge on any atom is 0.212 e. The number of benzene rings is 7. The number of hydrogen-bond donors (Lipinski definition) is 0. The van der Waals surface area contributed by atoms with Gasteiger partial charge in [0.25, 0.3) is 0 Å². The first-order valence-corrected chi connectivity index (χ1v) is 34.5. The lowest BCUT2D eigenvalue weighted by atomic mass is 10.0. The highest BCUT2D eigenvalue weighted by molar-refractivity contribution is 5.66. The number of aromatic nitrogens is 5. The molecule has 0 spiro atoms. The van der Waals surface area contributed by atoms with E-state index in [9.17, 15) is 0 Å². The highest BCUT2D eigenvalue weighted by atomic mass is 15.4. The second kappa shape index (κ2) is 36.8. The Morgan fingerprint density at radius 2 is 0.677 bits per heavy atom. The normalized spacial score (nSPS) is 13.2. The number of para-hydroxylation sites is 2. The maximum absolute atomic E-state index is 7.81. The van der Waals surface area contributed by atoms with Gasteiger partial charge in [0.15, 0.2) is 31.0 Å². The van der Waals surface area contributed by atoms with Crippen molar-refractivity contribution in [1.29, 1.82) is 0 Å². The summed E-state index contributed by atoms with van der Waals surface area (Å²) in [4.78, 5) is 4.59. The molecule has 7 aromatic carbocycles. The smallest absolute Gasteiger partial charge is 0.212 e. The molecule has 0 bridgehead atoms. The van der Waals surface area contributed by atoms with E-state index in [4.69, 9.17) is 8.22 Å². The SMILES string of the molecule is CCc1cc[n+](C)c(-c2ccccc2C)c1.CCc1ccc(-c2ccccc2C)[n+](C)c1.Cc1ccccc1N1C=CN(c2ccccc2)C1C.[2H]C([2H])(C)c1cc[n+](C)c(-c2ccccc2C)c1.[2H]C([2H])(C)c1ccc(-c2cccc[n+]2C)c(C)c1.[2H]C([2H])(C)c1ccc(-c2ccccc2C)[n+](C)c1. The minimum Gasteiger partial charge on any atom is -0.326 e. The van der Waals surface area contributed by atoms with Crippen molar-refractivity contribution in [3.05, 3.63) is 341 Å². The maximum atomic E-state index is 7.81. The molecule has 0 N–H and O–H groups in total. The lowest BCUT2D eigenvalue weighted by Gasteiger charge is -2.30. The Morgan fingerprint density at radius 1 is 0.303 bits per heavy atom. The van der Waals surface area contributed by atoms with Crippen LogP contribution in [0.2, 0.25) is 0 Å². The summed E-state index contributed by atoms with van der Waals surface area (Å²) in [6.07, 6.45) is 13.0. The fourth-order valence-corrected chi connectivity index (χ4v) is 12.2. The molecule has 5 aromatic heterocycles. The third-order valence-corrected chi connectivity index (χ3v) is 18.3. The Labute approximate surface area is 603 Å². The summed E-state index contributed by atoms with van der Waals surface area (Å²) in [6.45, 7) is 24.0. The predicted molar refractivity (Wildman–Crippen MR) is 417 cm³/mol. The predicted octanol–water partition coefficient (Wildman–Crippen LogP) is 19.4. The van der Waals surface area contributed by atoms with Crippen LogP contribution in [0.15, 0.2) is 280 Å². The van der Waals surface area contributed by atoms with Crippen molar-refractivity contribution >= 4 is 11.4 Å². The molecule has 1 unspecified atom stereocenters. The molecule has 0 saturated heterocycles. The lowest BCUT2D eigenvalue weighted by Crippen LogP contribution is -2.36. The first-order valence-electron chi connectivity index (χ1n) is 37.5. The standard InChI is InChI=1S/C17H18N2.5C15H18N/c1-14-8-6-7-11-17(14)19-13-12-18(15(19)2)16-9-4-3-5-10-16;1-4-13-8-9-14(12(2)11-13)15-7-5-6-10-16(15)3;2*1-4-13-9-10-16(3)15(11-13)14-8-6-5-7-12(14)2;2*1-4-13-9-10-15(16(3)11-13)14-8-6-5-7-12(14)2/h3-13,15H,1-2H3;5*5-11H,4H2,1-3H3/q;5*+1/i;2*4D2;;4D2;. The van der Waals surface area contributed by atoms with Gasteiger partial charge in [-0.1, -0.05) is 156 Å². The van der Waals surface area contributed by atoms with E-state index >= 15 is 0 Å². The molecule has 506 valence electrons. The summed E-state index contributed by atoms with van der Waals surface area (Å²) in [5, 5.41) is 0. The number of pyridine rings is 5. The van der Waals surface area contributed by atoms with E-state index < -0.39 is 19.1 Å². The highest BCUT2D eigenvalue weighted by Crippen LogP contribution is 2.31. The van der Waals surface area contributed by atoms with Gasteiger partial charge in [0.05, 0.1) is 0 Å². The highest BCUT2D eigenvalue weighted by Gasteiger charge is 2.25. The van der Waals surface area contributed by atoms with E-state index in [0.717, 1.165) is 52.2 Å². The fourth-order valence-electron chi connectivity index (χ4n) is 12.2. The summed E-state index contributed by atoms with van der Waals surface area (Å²) < 4.78 is 57.1. The van der Waals surface area contributed by atoms with Gasteiger partial charge in [-0.25, -0.2) is 22.8 Å². The molecule has 13 rings (SSSR count). The molecule has 6 heterocycles. The van der Waals surface area contributed by atoms with Crippen molar-refractivity contribution in [2.45, 2.75) is 121 Å². The van der Waals surface area contributed by atoms with Crippen molar-refractivity contribution in [1.82, 2.24) is 0 Å². The summed E-state index contributed by atoms with van der Waals surface area (Å²) >= 11 is 0. The van der Waals surface area contributed by atoms with Gasteiger partial charge in [-0.2, -0.15) is 0 Å². The van der Waals surface area contributed by atoms with E-state index in [2.05, 4.69) is 269 Å². The largest absolute Gasteiger partial charge is 0.326 e. The number of nitrogens with zero attached hydrogens (tertiary/aromatic N) is 7. The second-order valence-corrected chi connectivity index (χ2v) is 25.2. The minimum absolute atomic E-state index is 0.295. The van der Waals surface area contributed by atoms with E-state index in [-0.39, 0.29) is 0 Å². The minimum atomic E-state index is -1.31. The van der Waals surface area contributed by atoms with E-state index in [0.29, 0.717) is 17.3 Å². The molecule has 1 atom stereocenters. The molecule has 1 aliphatic rings. The van der Waals surface area contributed by atoms with Crippen LogP contribution in [0.3, 0.4) is 0 Å². The van der Waals surface area contributed by atoms with Crippen LogP contribution in [0.1, 0.15) is 111 Å². The molecule has 12 aromatic rings. The number of rotatable bonds is 12. The van der Waals surface area contributed by atoms with Gasteiger partial charge in [0, 0.05) is 119 Å². The van der Waals surface area contributed by atoms with Crippen LogP contribution < -0.4 is 32.6 Å². The summed E-state index contributed by atoms with van der Waals surface area (Å²) in [6, 6.07) is 80.8. The quantitative estimate of drug-likeness (QED) is 0.114. The topological polar surface area (TPSA) is 25.9 Å². The molecule has 7 heteroatoms. The van der Waals surface area contributed by atoms with Crippen LogP contribution in [0.4, 0.5) is 11.4 Å². The Bertz CT molecular complexity index is 4790. The van der Waals surface area contributed by atoms with Gasteiger partial charge in [0.1, 0.15) is 41.4 Å². The fraction of sp³-hybridized carbons (Fsp3) is 0.250. The zero-order valence-corrected chi connectivity index (χ0v) is 61.7. The summed E-state index contributed by atoms with van der Waals surface area (Å²) in [5.74, 6) is 0. The Hall–Kier alpha value is -10.4. The van der Waals surface area contributed by atoms with Crippen LogP contribution in [-0.2, 0) is 67.2 Å². The second-order valence-electron chi connectivity index (χ2n) is 25.2. The van der Waals surface area contributed by atoms with E-state index in [1.54, 1.807) is 20.8 Å². The van der Waals surface area contributed by atoms with Gasteiger partial charge in [0.2, 0.25) is 28.5 Å². The zero-order chi connectivity index (χ0) is 76.3. The molecular formula is C92H108N7+5. The van der Waals surface area contributed by atoms with Crippen LogP contribution in [0.25, 0.3) is 56.3 Å². The van der Waals surface area contributed by atoms with Gasteiger partial charge >= 0.3 is 0 Å². The molecule has 0 radical (unpaired) electrons. The molecule has 0 fully saturated rings. The molecular weight excluding hydrogens is 1200 g/mol. The van der Waals surface area contributed by atoms with Gasteiger partial charge in [-0.05, 0) is 197 Å². The Kier molecular flexibility index (Phi) is 24.5. The van der Waals surface area contributed by atoms with Gasteiger partial charge < -0.3 is 9.80 Å². The van der Waals surface area contributed by atoms with Gasteiger partial charge in [-0.15, -0.1) is 0 Å². The molecule has 0 aliphatic carbocycles. The third kappa shape index (κ3) is 19.9. The third-order valence-electron chi connectivity index (χ3n) is 18.3. The summed E-state index contributed by atoms with van der Waals surface area (Å²) in [7, 11) is 10.2. The van der Waals surface area contributed by atoms with E-state index in [1.807, 2.05) is 141 Å². The van der Waals surface area contributed by atoms with E-state index in [1.165, 1.54) is 78.4 Å². The summed E-state index contributed by atoms with van der Waals surface area (Å²) in [5.41, 5.74) is 26.8. The molecule has 99 heavy (non-hydrogen) atoms. The van der Waals surface area contributed by atoms with Gasteiger partial charge in [-0.3, -0.25) is 0 Å². The van der Waals surface area contributed by atoms with Crippen molar-refractivity contribution in [3.8, 4) is 56.3 Å². The van der Waals surface area contributed by atoms with Crippen LogP contribution in [-0.4, -0.2) is 6.17 Å². The van der Waals surface area contributed by atoms with Crippen molar-refractivity contribution in [3.63, 3.8) is 0 Å². The molecule has 1 aliphatic heterocycles. The molecule has 0 amide bonds. The van der Waals surface area contributed by atoms with Crippen LogP contribution >= 0.6 is 0 Å². The average Bonchev–Trinajstić information content (AvgIpc) is 1.65. The molecule has 0 saturated carbocycles. The lowest BCUT2D eigenvalue weighted by molar-refractivity contribution is -0.660. The first-order chi connectivity index (χ1) is 49.9. The van der Waals surface area contributed by atoms with Crippen LogP contribution in [0, 0.1) is 41.5 Å². The number of hydrogen-bond acceptors (Lipinski definition) is 2. The van der Waals surface area contributed by atoms with Crippen molar-refractivity contribution < 1.29 is 31.1 Å². The molecule has 7 nitrogen and oxygen atoms in total. The van der Waals surface area contributed by atoms with Crippen molar-refractivity contribution in [2.24, 2.45) is 35.2 Å². The first kappa shape index (κ1) is 65.9. The van der Waals surface area contributed by atoms with Crippen molar-refractivity contribution in [2.75, 3.05) is 9.80 Å². The number of aryl methyl sites for hydroxylation is 16. The Morgan fingerprint density at radius 3 is 1.14 bits per heavy atom. The van der Waals surface area contributed by atoms with Crippen LogP contribution in [0.5, 0.6) is 0 Å². The zero-order valence-electron chi connectivity index (χ0n) is 67.7. The number of anilines is 2.